The largest absolute Gasteiger partial charge is 0.469 e. The van der Waals surface area contributed by atoms with Crippen molar-refractivity contribution in [2.45, 2.75) is 50.8 Å². The Morgan fingerprint density at radius 3 is 2.07 bits per heavy atom. The molecule has 0 aromatic heterocycles. The molecule has 0 bridgehead atoms. The van der Waals surface area contributed by atoms with E-state index in [9.17, 15) is 15.0 Å². The maximum Gasteiger partial charge on any atom is 0.305 e. The van der Waals surface area contributed by atoms with Gasteiger partial charge >= 0.3 is 5.97 Å². The summed E-state index contributed by atoms with van der Waals surface area (Å²) in [7, 11) is 1.33. The number of hydrogen-bond acceptors (Lipinski definition) is 6. The van der Waals surface area contributed by atoms with Crippen LogP contribution in [0.15, 0.2) is 60.7 Å². The summed E-state index contributed by atoms with van der Waals surface area (Å²) < 4.78 is 16.1. The fraction of sp³-hybridized carbons (Fsp3) is 0.435. The number of hydrogen-bond donors (Lipinski definition) is 2. The molecule has 6 heteroatoms. The molecule has 0 aliphatic heterocycles. The number of aliphatic hydroxyl groups is 2. The molecule has 2 N–H and O–H groups in total. The third kappa shape index (κ3) is 8.75. The first-order valence-electron chi connectivity index (χ1n) is 9.80. The number of rotatable bonds is 13. The highest BCUT2D eigenvalue weighted by molar-refractivity contribution is 5.68. The van der Waals surface area contributed by atoms with Crippen LogP contribution >= 0.6 is 0 Å². The molecule has 29 heavy (non-hydrogen) atoms. The number of esters is 1. The molecule has 0 unspecified atom stereocenters. The molecule has 0 fully saturated rings. The predicted molar refractivity (Wildman–Crippen MR) is 109 cm³/mol. The molecular weight excluding hydrogens is 372 g/mol. The van der Waals surface area contributed by atoms with Crippen molar-refractivity contribution >= 4 is 5.97 Å². The van der Waals surface area contributed by atoms with E-state index in [1.165, 1.54) is 7.11 Å². The van der Waals surface area contributed by atoms with E-state index < -0.39 is 18.3 Å². The van der Waals surface area contributed by atoms with Crippen LogP contribution in [0.5, 0.6) is 0 Å². The Bertz CT molecular complexity index is 691. The maximum atomic E-state index is 11.3. The van der Waals surface area contributed by atoms with Crippen molar-refractivity contribution in [3.05, 3.63) is 71.8 Å². The highest BCUT2D eigenvalue weighted by Gasteiger charge is 2.28. The minimum atomic E-state index is -1.00. The summed E-state index contributed by atoms with van der Waals surface area (Å²) in [6, 6.07) is 19.2. The molecule has 158 valence electrons. The summed E-state index contributed by atoms with van der Waals surface area (Å²) in [5, 5.41) is 21.2. The molecule has 0 saturated heterocycles. The zero-order valence-electron chi connectivity index (χ0n) is 16.8. The summed E-state index contributed by atoms with van der Waals surface area (Å²) in [5.74, 6) is -0.328. The van der Waals surface area contributed by atoms with E-state index in [1.54, 1.807) is 0 Å². The summed E-state index contributed by atoms with van der Waals surface area (Å²) >= 11 is 0. The average molecular weight is 402 g/mol. The van der Waals surface area contributed by atoms with Crippen LogP contribution in [0.4, 0.5) is 0 Å². The smallest absolute Gasteiger partial charge is 0.305 e. The van der Waals surface area contributed by atoms with Gasteiger partial charge in [0.2, 0.25) is 0 Å². The van der Waals surface area contributed by atoms with Gasteiger partial charge in [0.1, 0.15) is 12.2 Å². The van der Waals surface area contributed by atoms with E-state index in [1.807, 2.05) is 60.7 Å². The van der Waals surface area contributed by atoms with Crippen LogP contribution in [-0.4, -0.2) is 48.2 Å². The zero-order valence-corrected chi connectivity index (χ0v) is 16.8. The van der Waals surface area contributed by atoms with Crippen LogP contribution < -0.4 is 0 Å². The van der Waals surface area contributed by atoms with Crippen molar-refractivity contribution < 1.29 is 29.2 Å². The van der Waals surface area contributed by atoms with Gasteiger partial charge in [0.05, 0.1) is 33.0 Å². The van der Waals surface area contributed by atoms with Crippen molar-refractivity contribution in [1.29, 1.82) is 0 Å². The standard InChI is InChI=1S/C23H30O6/c1-27-22(26)14-8-13-20(24)23(29-16-19-11-6-3-7-12-19)21(25)17-28-15-18-9-4-2-5-10-18/h2-7,9-12,20-21,23-25H,8,13-17H2,1H3/t20-,21-,23-/m1/s1. The first-order valence-corrected chi connectivity index (χ1v) is 9.80. The minimum Gasteiger partial charge on any atom is -0.469 e. The zero-order chi connectivity index (χ0) is 20.9. The molecule has 0 aliphatic rings. The minimum absolute atomic E-state index is 0.0302. The Morgan fingerprint density at radius 1 is 0.897 bits per heavy atom. The van der Waals surface area contributed by atoms with Crippen molar-refractivity contribution in [2.24, 2.45) is 0 Å². The van der Waals surface area contributed by atoms with E-state index in [-0.39, 0.29) is 25.6 Å². The normalized spacial score (nSPS) is 14.2. The number of ether oxygens (including phenoxy) is 3. The number of methoxy groups -OCH3 is 1. The molecular formula is C23H30O6. The molecule has 2 aromatic rings. The number of aliphatic hydroxyl groups excluding tert-OH is 2. The number of benzene rings is 2. The SMILES string of the molecule is COC(=O)CCC[C@@H](O)[C@@H](OCc1ccccc1)[C@H](O)COCc1ccccc1. The van der Waals surface area contributed by atoms with Crippen molar-refractivity contribution in [3.63, 3.8) is 0 Å². The molecule has 6 nitrogen and oxygen atoms in total. The Labute approximate surface area is 172 Å². The van der Waals surface area contributed by atoms with E-state index in [4.69, 9.17) is 9.47 Å². The molecule has 2 rings (SSSR count). The Kier molecular flexibility index (Phi) is 10.4. The van der Waals surface area contributed by atoms with Gasteiger partial charge in [-0.3, -0.25) is 4.79 Å². The Morgan fingerprint density at radius 2 is 1.48 bits per heavy atom. The molecule has 0 radical (unpaired) electrons. The second kappa shape index (κ2) is 13.1. The van der Waals surface area contributed by atoms with Crippen LogP contribution in [0, 0.1) is 0 Å². The van der Waals surface area contributed by atoms with E-state index in [0.717, 1.165) is 11.1 Å². The summed E-state index contributed by atoms with van der Waals surface area (Å²) in [6.45, 7) is 0.652. The second-order valence-corrected chi connectivity index (χ2v) is 6.87. The Balaban J connectivity index is 1.89. The summed E-state index contributed by atoms with van der Waals surface area (Å²) in [4.78, 5) is 11.3. The number of carbonyl (C=O) groups is 1. The monoisotopic (exact) mass is 402 g/mol. The topological polar surface area (TPSA) is 85.2 Å². The predicted octanol–water partition coefficient (Wildman–Crippen LogP) is 2.85. The van der Waals surface area contributed by atoms with Gasteiger partial charge in [0, 0.05) is 6.42 Å². The van der Waals surface area contributed by atoms with Gasteiger partial charge in [-0.15, -0.1) is 0 Å². The summed E-state index contributed by atoms with van der Waals surface area (Å²) in [6.07, 6.45) is -1.81. The number of carbonyl (C=O) groups excluding carboxylic acids is 1. The van der Waals surface area contributed by atoms with Crippen molar-refractivity contribution in [3.8, 4) is 0 Å². The van der Waals surface area contributed by atoms with Crippen molar-refractivity contribution in [2.75, 3.05) is 13.7 Å². The van der Waals surface area contributed by atoms with Gasteiger partial charge in [-0.25, -0.2) is 0 Å². The lowest BCUT2D eigenvalue weighted by molar-refractivity contribution is -0.141. The van der Waals surface area contributed by atoms with Gasteiger partial charge in [-0.05, 0) is 24.0 Å². The lowest BCUT2D eigenvalue weighted by Crippen LogP contribution is -2.42. The first-order chi connectivity index (χ1) is 14.1. The summed E-state index contributed by atoms with van der Waals surface area (Å²) in [5.41, 5.74) is 1.94. The second-order valence-electron chi connectivity index (χ2n) is 6.87. The van der Waals surface area contributed by atoms with Crippen molar-refractivity contribution in [1.82, 2.24) is 0 Å². The third-order valence-corrected chi connectivity index (χ3v) is 4.55. The van der Waals surface area contributed by atoms with Crippen LogP contribution in [0.25, 0.3) is 0 Å². The first kappa shape index (κ1) is 23.0. The molecule has 0 heterocycles. The van der Waals surface area contributed by atoms with Crippen LogP contribution in [0.2, 0.25) is 0 Å². The molecule has 3 atom stereocenters. The van der Waals surface area contributed by atoms with Crippen LogP contribution in [0.1, 0.15) is 30.4 Å². The quantitative estimate of drug-likeness (QED) is 0.501. The average Bonchev–Trinajstić information content (AvgIpc) is 2.75. The fourth-order valence-corrected chi connectivity index (χ4v) is 2.93. The molecule has 0 spiro atoms. The fourth-order valence-electron chi connectivity index (χ4n) is 2.93. The third-order valence-electron chi connectivity index (χ3n) is 4.55. The van der Waals surface area contributed by atoms with Crippen LogP contribution in [-0.2, 0) is 32.2 Å². The highest BCUT2D eigenvalue weighted by atomic mass is 16.5. The molecule has 2 aromatic carbocycles. The van der Waals surface area contributed by atoms with Gasteiger partial charge < -0.3 is 24.4 Å². The lowest BCUT2D eigenvalue weighted by Gasteiger charge is -2.28. The van der Waals surface area contributed by atoms with E-state index in [0.29, 0.717) is 19.4 Å². The maximum absolute atomic E-state index is 11.3. The van der Waals surface area contributed by atoms with Gasteiger partial charge in [0.25, 0.3) is 0 Å². The molecule has 0 saturated carbocycles. The highest BCUT2D eigenvalue weighted by Crippen LogP contribution is 2.16. The van der Waals surface area contributed by atoms with Crippen LogP contribution in [0.3, 0.4) is 0 Å². The van der Waals surface area contributed by atoms with E-state index >= 15 is 0 Å². The van der Waals surface area contributed by atoms with E-state index in [2.05, 4.69) is 4.74 Å². The molecule has 0 amide bonds. The van der Waals surface area contributed by atoms with Gasteiger partial charge in [-0.2, -0.15) is 0 Å². The lowest BCUT2D eigenvalue weighted by atomic mass is 10.0. The Hall–Kier alpha value is -2.25. The van der Waals surface area contributed by atoms with Gasteiger partial charge in [-0.1, -0.05) is 60.7 Å². The molecule has 0 aliphatic carbocycles. The van der Waals surface area contributed by atoms with Gasteiger partial charge in [0.15, 0.2) is 0 Å².